The van der Waals surface area contributed by atoms with Crippen LogP contribution in [0.1, 0.15) is 0 Å². The van der Waals surface area contributed by atoms with Crippen molar-refractivity contribution in [1.29, 1.82) is 0 Å². The summed E-state index contributed by atoms with van der Waals surface area (Å²) in [5.74, 6) is 0. The van der Waals surface area contributed by atoms with Gasteiger partial charge in [-0.3, -0.25) is 0 Å². The molecule has 0 amide bonds. The SMILES string of the molecule is [BH2][Zn][Fe].[Mn]. The number of hydrogen-bond donors (Lipinski definition) is 0. The van der Waals surface area contributed by atoms with Crippen molar-refractivity contribution < 1.29 is 45.7 Å². The van der Waals surface area contributed by atoms with Gasteiger partial charge < -0.3 is 0 Å². The average molecular weight is 189 g/mol. The summed E-state index contributed by atoms with van der Waals surface area (Å²) in [6, 6.07) is 0. The summed E-state index contributed by atoms with van der Waals surface area (Å²) in [7, 11) is 0. The first-order valence-corrected chi connectivity index (χ1v) is 9.03. The maximum Gasteiger partial charge on any atom is 0 e. The molecule has 0 aliphatic heterocycles. The summed E-state index contributed by atoms with van der Waals surface area (Å²) in [6.07, 6.45) is 2.20. The van der Waals surface area contributed by atoms with Crippen LogP contribution >= 0.6 is 0 Å². The molecule has 0 saturated heterocycles. The van der Waals surface area contributed by atoms with E-state index in [9.17, 15) is 0 Å². The van der Waals surface area contributed by atoms with Crippen molar-refractivity contribution in [2.45, 2.75) is 0 Å². The number of rotatable bonds is 0. The van der Waals surface area contributed by atoms with Crippen molar-refractivity contribution in [3.8, 4) is 0 Å². The monoisotopic (exact) mass is 188 g/mol. The maximum absolute atomic E-state index is 3.67. The first-order chi connectivity index (χ1) is 1.41. The van der Waals surface area contributed by atoms with Crippen molar-refractivity contribution in [3.05, 3.63) is 0 Å². The topological polar surface area (TPSA) is 0 Å². The second kappa shape index (κ2) is 8.83. The molecule has 0 saturated carbocycles. The zero-order valence-electron chi connectivity index (χ0n) is 2.44. The summed E-state index contributed by atoms with van der Waals surface area (Å²) in [5.41, 5.74) is 0. The molecule has 4 heavy (non-hydrogen) atoms. The quantitative estimate of drug-likeness (QED) is 0.432. The molecular weight excluding hydrogens is 187 g/mol. The van der Waals surface area contributed by atoms with Crippen molar-refractivity contribution >= 4 is 6.33 Å². The molecule has 0 aliphatic carbocycles. The van der Waals surface area contributed by atoms with Gasteiger partial charge in [-0.15, -0.1) is 0 Å². The van der Waals surface area contributed by atoms with Gasteiger partial charge in [0.15, 0.2) is 0 Å². The molecule has 22 valence electrons. The predicted molar refractivity (Wildman–Crippen MR) is 8.54 cm³/mol. The van der Waals surface area contributed by atoms with Gasteiger partial charge in [0.2, 0.25) is 0 Å². The first kappa shape index (κ1) is 9.21. The fourth-order valence-electron chi connectivity index (χ4n) is 0. The average Bonchev–Trinajstić information content (AvgIpc) is 0.918. The first-order valence-electron chi connectivity index (χ1n) is 0.957. The normalized spacial score (nSPS) is 2.25. The summed E-state index contributed by atoms with van der Waals surface area (Å²) in [4.78, 5) is 0. The van der Waals surface area contributed by atoms with Gasteiger partial charge in [0.25, 0.3) is 0 Å². The Balaban J connectivity index is 0. The van der Waals surface area contributed by atoms with Crippen LogP contribution in [0.3, 0.4) is 0 Å². The zero-order valence-corrected chi connectivity index (χ0v) is 7.69. The fraction of sp³-hybridized carbons (Fsp3) is 0. The molecular formula is H2BFeMnZn. The molecule has 0 aliphatic rings. The molecule has 0 bridgehead atoms. The second-order valence-electron chi connectivity index (χ2n) is 0.250. The maximum atomic E-state index is 3.67. The third kappa shape index (κ3) is 9.29. The molecule has 0 heterocycles. The van der Waals surface area contributed by atoms with Crippen LogP contribution in [0.4, 0.5) is 0 Å². The van der Waals surface area contributed by atoms with Crippen LogP contribution in [0.25, 0.3) is 0 Å². The van der Waals surface area contributed by atoms with Crippen molar-refractivity contribution in [3.63, 3.8) is 0 Å². The Morgan fingerprint density at radius 2 is 1.75 bits per heavy atom. The molecule has 0 fully saturated rings. The van der Waals surface area contributed by atoms with E-state index in [-0.39, 0.29) is 32.0 Å². The van der Waals surface area contributed by atoms with Crippen molar-refractivity contribution in [1.82, 2.24) is 0 Å². The molecule has 0 aromatic carbocycles. The van der Waals surface area contributed by atoms with Gasteiger partial charge in [0.1, 0.15) is 0 Å². The third-order valence-electron chi connectivity index (χ3n) is 0. The van der Waals surface area contributed by atoms with Crippen LogP contribution < -0.4 is 0 Å². The van der Waals surface area contributed by atoms with Crippen LogP contribution in [-0.2, 0) is 45.7 Å². The largest absolute Gasteiger partial charge is 0 e. The Bertz CT molecular complexity index is 8.00. The molecule has 0 nitrogen and oxygen atoms in total. The van der Waals surface area contributed by atoms with Crippen molar-refractivity contribution in [2.75, 3.05) is 0 Å². The summed E-state index contributed by atoms with van der Waals surface area (Å²) < 4.78 is 0. The van der Waals surface area contributed by atoms with E-state index >= 15 is 0 Å². The van der Waals surface area contributed by atoms with E-state index in [1.54, 1.807) is 0 Å². The van der Waals surface area contributed by atoms with E-state index in [4.69, 9.17) is 0 Å². The predicted octanol–water partition coefficient (Wildman–Crippen LogP) is -0.924. The van der Waals surface area contributed by atoms with Crippen molar-refractivity contribution in [2.24, 2.45) is 0 Å². The Kier molecular flexibility index (Phi) is 20.3. The van der Waals surface area contributed by atoms with Crippen LogP contribution in [0, 0.1) is 0 Å². The van der Waals surface area contributed by atoms with E-state index in [0.29, 0.717) is 0 Å². The second-order valence-corrected chi connectivity index (χ2v) is 5.36. The van der Waals surface area contributed by atoms with E-state index in [0.717, 1.165) is 0 Å². The standard InChI is InChI=1S/BH2.Fe.Mn.Zn/h1H2;;;/q+1;;;-1. The van der Waals surface area contributed by atoms with Crippen LogP contribution in [0.5, 0.6) is 0 Å². The summed E-state index contributed by atoms with van der Waals surface area (Å²) in [5, 5.41) is 0. The molecule has 1 radical (unpaired) electrons. The third-order valence-corrected chi connectivity index (χ3v) is 0. The zero-order chi connectivity index (χ0) is 2.71. The summed E-state index contributed by atoms with van der Waals surface area (Å²) >= 11 is 3.55. The minimum Gasteiger partial charge on any atom is 0 e. The molecule has 0 aromatic heterocycles. The smallest absolute Gasteiger partial charge is 0 e. The molecule has 0 rings (SSSR count). The minimum absolute atomic E-state index is 0. The van der Waals surface area contributed by atoms with Gasteiger partial charge >= 0.3 is 35.0 Å². The van der Waals surface area contributed by atoms with Gasteiger partial charge in [-0.25, -0.2) is 0 Å². The molecule has 4 heteroatoms. The molecule has 0 atom stereocenters. The van der Waals surface area contributed by atoms with E-state index < -0.39 is 0 Å². The fourth-order valence-corrected chi connectivity index (χ4v) is 0. The Hall–Kier alpha value is 1.73. The van der Waals surface area contributed by atoms with Gasteiger partial charge in [-0.05, 0) is 0 Å². The minimum atomic E-state index is -0.125. The molecule has 0 unspecified atom stereocenters. The van der Waals surface area contributed by atoms with Gasteiger partial charge in [-0.2, -0.15) is 0 Å². The van der Waals surface area contributed by atoms with E-state index in [1.807, 2.05) is 0 Å². The van der Waals surface area contributed by atoms with Gasteiger partial charge in [0, 0.05) is 17.1 Å². The van der Waals surface area contributed by atoms with Crippen LogP contribution in [0.2, 0.25) is 0 Å². The van der Waals surface area contributed by atoms with E-state index in [2.05, 4.69) is 20.0 Å². The Morgan fingerprint density at radius 3 is 1.75 bits per heavy atom. The van der Waals surface area contributed by atoms with Crippen LogP contribution in [0.15, 0.2) is 0 Å². The summed E-state index contributed by atoms with van der Waals surface area (Å²) in [6.45, 7) is 0. The molecule has 0 N–H and O–H groups in total. The van der Waals surface area contributed by atoms with Crippen LogP contribution in [-0.4, -0.2) is 6.33 Å². The molecule has 0 aromatic rings. The van der Waals surface area contributed by atoms with Gasteiger partial charge in [0.05, 0.1) is 0 Å². The van der Waals surface area contributed by atoms with E-state index in [1.165, 1.54) is 0 Å². The Morgan fingerprint density at radius 1 is 1.75 bits per heavy atom. The number of hydrogen-bond acceptors (Lipinski definition) is 0. The Labute approximate surface area is 51.8 Å². The van der Waals surface area contributed by atoms with Gasteiger partial charge in [-0.1, -0.05) is 0 Å². The molecule has 0 spiro atoms.